The van der Waals surface area contributed by atoms with Crippen LogP contribution in [0.15, 0.2) is 48.9 Å². The lowest BCUT2D eigenvalue weighted by molar-refractivity contribution is 0.0704. The lowest BCUT2D eigenvalue weighted by Crippen LogP contribution is -2.38. The second kappa shape index (κ2) is 6.51. The Hall–Kier alpha value is -2.96. The summed E-state index contributed by atoms with van der Waals surface area (Å²) in [5.74, 6) is 1.35. The molecule has 1 aliphatic heterocycles. The normalized spacial score (nSPS) is 15.5. The van der Waals surface area contributed by atoms with Gasteiger partial charge in [0.05, 0.1) is 5.69 Å². The van der Waals surface area contributed by atoms with E-state index in [2.05, 4.69) is 15.3 Å². The molecular weight excluding hydrogens is 316 g/mol. The second-order valence-electron chi connectivity index (χ2n) is 6.35. The van der Waals surface area contributed by atoms with Gasteiger partial charge in [0.25, 0.3) is 5.91 Å². The van der Waals surface area contributed by atoms with Crippen LogP contribution in [0.25, 0.3) is 5.69 Å². The fourth-order valence-corrected chi connectivity index (χ4v) is 3.33. The van der Waals surface area contributed by atoms with Crippen LogP contribution in [0.1, 0.15) is 35.1 Å². The van der Waals surface area contributed by atoms with Crippen molar-refractivity contribution < 1.29 is 4.79 Å². The summed E-state index contributed by atoms with van der Waals surface area (Å²) in [4.78, 5) is 14.6. The summed E-state index contributed by atoms with van der Waals surface area (Å²) >= 11 is 0. The number of nitrogens with zero attached hydrogens (tertiary/aromatic N) is 6. The van der Waals surface area contributed by atoms with Crippen molar-refractivity contribution in [1.29, 1.82) is 0 Å². The van der Waals surface area contributed by atoms with Gasteiger partial charge in [0.15, 0.2) is 5.69 Å². The molecular formula is C18H20N6O. The molecule has 0 unspecified atom stereocenters. The fourth-order valence-electron chi connectivity index (χ4n) is 3.33. The SMILES string of the molecule is Cn1cnnc1C1CCN(C(=O)c2ccn(-c3ccccc3)n2)CC1. The number of hydrogen-bond donors (Lipinski definition) is 0. The number of para-hydroxylation sites is 1. The Labute approximate surface area is 145 Å². The molecule has 0 N–H and O–H groups in total. The number of hydrogen-bond acceptors (Lipinski definition) is 4. The maximum Gasteiger partial charge on any atom is 0.274 e. The van der Waals surface area contributed by atoms with Crippen LogP contribution in [0.3, 0.4) is 0 Å². The molecule has 3 heterocycles. The molecule has 1 aliphatic rings. The molecule has 1 saturated heterocycles. The number of aromatic nitrogens is 5. The first kappa shape index (κ1) is 15.6. The molecule has 0 atom stereocenters. The maximum atomic E-state index is 12.7. The quantitative estimate of drug-likeness (QED) is 0.734. The minimum Gasteiger partial charge on any atom is -0.337 e. The number of carbonyl (C=O) groups is 1. The van der Waals surface area contributed by atoms with Crippen molar-refractivity contribution in [3.05, 3.63) is 60.4 Å². The Kier molecular flexibility index (Phi) is 4.05. The van der Waals surface area contributed by atoms with Gasteiger partial charge >= 0.3 is 0 Å². The smallest absolute Gasteiger partial charge is 0.274 e. The first-order chi connectivity index (χ1) is 12.2. The number of benzene rings is 1. The monoisotopic (exact) mass is 336 g/mol. The Morgan fingerprint density at radius 3 is 2.56 bits per heavy atom. The van der Waals surface area contributed by atoms with Crippen LogP contribution in [0.2, 0.25) is 0 Å². The Balaban J connectivity index is 1.43. The van der Waals surface area contributed by atoms with Crippen molar-refractivity contribution in [2.24, 2.45) is 7.05 Å². The number of amides is 1. The van der Waals surface area contributed by atoms with Crippen molar-refractivity contribution in [3.8, 4) is 5.69 Å². The van der Waals surface area contributed by atoms with Gasteiger partial charge in [-0.05, 0) is 31.0 Å². The first-order valence-corrected chi connectivity index (χ1v) is 8.46. The Bertz CT molecular complexity index is 861. The molecule has 3 aromatic rings. The summed E-state index contributed by atoms with van der Waals surface area (Å²) in [7, 11) is 1.96. The van der Waals surface area contributed by atoms with Gasteiger partial charge in [-0.2, -0.15) is 5.10 Å². The second-order valence-corrected chi connectivity index (χ2v) is 6.35. The summed E-state index contributed by atoms with van der Waals surface area (Å²) in [6.45, 7) is 1.43. The third-order valence-electron chi connectivity index (χ3n) is 4.72. The van der Waals surface area contributed by atoms with Crippen molar-refractivity contribution in [3.63, 3.8) is 0 Å². The molecule has 2 aromatic heterocycles. The zero-order valence-electron chi connectivity index (χ0n) is 14.1. The Morgan fingerprint density at radius 1 is 1.12 bits per heavy atom. The largest absolute Gasteiger partial charge is 0.337 e. The van der Waals surface area contributed by atoms with E-state index in [0.29, 0.717) is 24.7 Å². The van der Waals surface area contributed by atoms with Crippen LogP contribution in [-0.4, -0.2) is 48.4 Å². The summed E-state index contributed by atoms with van der Waals surface area (Å²) in [5, 5.41) is 12.6. The molecule has 0 spiro atoms. The van der Waals surface area contributed by atoms with E-state index in [1.165, 1.54) is 0 Å². The van der Waals surface area contributed by atoms with Crippen LogP contribution in [0.5, 0.6) is 0 Å². The van der Waals surface area contributed by atoms with Crippen LogP contribution >= 0.6 is 0 Å². The number of aryl methyl sites for hydroxylation is 1. The molecule has 1 amide bonds. The van der Waals surface area contributed by atoms with Crippen LogP contribution in [0.4, 0.5) is 0 Å². The molecule has 25 heavy (non-hydrogen) atoms. The molecule has 7 heteroatoms. The van der Waals surface area contributed by atoms with E-state index in [4.69, 9.17) is 0 Å². The van der Waals surface area contributed by atoms with Gasteiger partial charge in [0.1, 0.15) is 12.2 Å². The van der Waals surface area contributed by atoms with Crippen LogP contribution in [0, 0.1) is 0 Å². The molecule has 0 aliphatic carbocycles. The average molecular weight is 336 g/mol. The third kappa shape index (κ3) is 3.05. The standard InChI is InChI=1S/C18H20N6O/c1-22-13-19-20-17(22)14-7-10-23(11-8-14)18(25)16-9-12-24(21-16)15-5-3-2-4-6-15/h2-6,9,12-14H,7-8,10-11H2,1H3. The molecule has 128 valence electrons. The van der Waals surface area contributed by atoms with E-state index in [0.717, 1.165) is 24.4 Å². The number of carbonyl (C=O) groups excluding carboxylic acids is 1. The summed E-state index contributed by atoms with van der Waals surface area (Å²) < 4.78 is 3.70. The molecule has 0 saturated carbocycles. The predicted octanol–water partition coefficient (Wildman–Crippen LogP) is 2.02. The van der Waals surface area contributed by atoms with Crippen molar-refractivity contribution >= 4 is 5.91 Å². The lowest BCUT2D eigenvalue weighted by Gasteiger charge is -2.30. The summed E-state index contributed by atoms with van der Waals surface area (Å²) in [6, 6.07) is 11.6. The van der Waals surface area contributed by atoms with E-state index < -0.39 is 0 Å². The highest BCUT2D eigenvalue weighted by Crippen LogP contribution is 2.26. The predicted molar refractivity (Wildman–Crippen MR) is 92.4 cm³/mol. The van der Waals surface area contributed by atoms with Gasteiger partial charge in [-0.1, -0.05) is 18.2 Å². The minimum atomic E-state index is -0.00824. The molecule has 7 nitrogen and oxygen atoms in total. The average Bonchev–Trinajstić information content (AvgIpc) is 3.31. The number of likely N-dealkylation sites (tertiary alicyclic amines) is 1. The van der Waals surface area contributed by atoms with E-state index in [-0.39, 0.29) is 5.91 Å². The third-order valence-corrected chi connectivity index (χ3v) is 4.72. The van der Waals surface area contributed by atoms with Crippen molar-refractivity contribution in [1.82, 2.24) is 29.4 Å². The summed E-state index contributed by atoms with van der Waals surface area (Å²) in [5.41, 5.74) is 1.43. The maximum absolute atomic E-state index is 12.7. The topological polar surface area (TPSA) is 68.8 Å². The van der Waals surface area contributed by atoms with E-state index in [9.17, 15) is 4.79 Å². The van der Waals surface area contributed by atoms with Gasteiger partial charge in [0.2, 0.25) is 0 Å². The summed E-state index contributed by atoms with van der Waals surface area (Å²) in [6.07, 6.45) is 5.35. The molecule has 0 radical (unpaired) electrons. The van der Waals surface area contributed by atoms with Crippen LogP contribution in [-0.2, 0) is 7.05 Å². The van der Waals surface area contributed by atoms with Gasteiger partial charge in [-0.15, -0.1) is 10.2 Å². The zero-order valence-corrected chi connectivity index (χ0v) is 14.1. The highest BCUT2D eigenvalue weighted by Gasteiger charge is 2.27. The Morgan fingerprint density at radius 2 is 1.88 bits per heavy atom. The van der Waals surface area contributed by atoms with Crippen LogP contribution < -0.4 is 0 Å². The molecule has 4 rings (SSSR count). The van der Waals surface area contributed by atoms with E-state index in [1.807, 2.05) is 53.0 Å². The molecule has 1 aromatic carbocycles. The van der Waals surface area contributed by atoms with Crippen molar-refractivity contribution in [2.45, 2.75) is 18.8 Å². The first-order valence-electron chi connectivity index (χ1n) is 8.46. The molecule has 0 bridgehead atoms. The highest BCUT2D eigenvalue weighted by atomic mass is 16.2. The van der Waals surface area contributed by atoms with Crippen molar-refractivity contribution in [2.75, 3.05) is 13.1 Å². The van der Waals surface area contributed by atoms with Gasteiger partial charge in [-0.25, -0.2) is 4.68 Å². The van der Waals surface area contributed by atoms with Gasteiger partial charge < -0.3 is 9.47 Å². The highest BCUT2D eigenvalue weighted by molar-refractivity contribution is 5.92. The van der Waals surface area contributed by atoms with E-state index >= 15 is 0 Å². The number of piperidine rings is 1. The fraction of sp³-hybridized carbons (Fsp3) is 0.333. The van der Waals surface area contributed by atoms with Gasteiger partial charge in [0, 0.05) is 32.3 Å². The molecule has 1 fully saturated rings. The van der Waals surface area contributed by atoms with E-state index in [1.54, 1.807) is 17.1 Å². The minimum absolute atomic E-state index is 0.00824. The zero-order chi connectivity index (χ0) is 17.2. The van der Waals surface area contributed by atoms with Gasteiger partial charge in [-0.3, -0.25) is 4.79 Å². The number of rotatable bonds is 3. The lowest BCUT2D eigenvalue weighted by atomic mass is 9.96.